The van der Waals surface area contributed by atoms with Crippen molar-refractivity contribution in [2.24, 2.45) is 0 Å². The smallest absolute Gasteiger partial charge is 0.267 e. The monoisotopic (exact) mass is 250 g/mol. The third-order valence-corrected chi connectivity index (χ3v) is 2.45. The molecule has 0 unspecified atom stereocenters. The lowest BCUT2D eigenvalue weighted by atomic mass is 10.2. The topological polar surface area (TPSA) is 34.9 Å². The highest BCUT2D eigenvalue weighted by Crippen LogP contribution is 2.20. The molecule has 2 rings (SSSR count). The molecule has 5 heteroatoms. The number of carbonyl (C=O) groups excluding carboxylic acids is 1. The SMILES string of the molecule is O=C(/C=C/c1c(F)cccc1Cl)n1cccn1. The summed E-state index contributed by atoms with van der Waals surface area (Å²) in [6.07, 6.45) is 5.55. The van der Waals surface area contributed by atoms with Crippen LogP contribution in [0, 0.1) is 5.82 Å². The second-order valence-electron chi connectivity index (χ2n) is 3.26. The molecule has 2 aromatic rings. The number of hydrogen-bond acceptors (Lipinski definition) is 2. The van der Waals surface area contributed by atoms with Gasteiger partial charge in [-0.05, 0) is 24.3 Å². The van der Waals surface area contributed by atoms with Crippen molar-refractivity contribution < 1.29 is 9.18 Å². The summed E-state index contributed by atoms with van der Waals surface area (Å²) in [4.78, 5) is 11.5. The number of benzene rings is 1. The number of hydrogen-bond donors (Lipinski definition) is 0. The van der Waals surface area contributed by atoms with Gasteiger partial charge >= 0.3 is 0 Å². The fraction of sp³-hybridized carbons (Fsp3) is 0. The van der Waals surface area contributed by atoms with Crippen molar-refractivity contribution in [3.8, 4) is 0 Å². The Morgan fingerprint density at radius 1 is 1.41 bits per heavy atom. The molecule has 1 heterocycles. The van der Waals surface area contributed by atoms with Crippen LogP contribution in [-0.4, -0.2) is 15.7 Å². The minimum Gasteiger partial charge on any atom is -0.267 e. The van der Waals surface area contributed by atoms with Gasteiger partial charge in [0, 0.05) is 24.0 Å². The maximum atomic E-state index is 13.4. The number of halogens is 2. The molecular formula is C12H8ClFN2O. The minimum atomic E-state index is -0.470. The van der Waals surface area contributed by atoms with Crippen LogP contribution in [0.1, 0.15) is 10.4 Å². The lowest BCUT2D eigenvalue weighted by Gasteiger charge is -1.99. The Bertz CT molecular complexity index is 544. The van der Waals surface area contributed by atoms with Crippen LogP contribution in [0.15, 0.2) is 42.7 Å². The van der Waals surface area contributed by atoms with E-state index in [9.17, 15) is 9.18 Å². The first-order chi connectivity index (χ1) is 8.18. The van der Waals surface area contributed by atoms with Crippen molar-refractivity contribution in [3.63, 3.8) is 0 Å². The van der Waals surface area contributed by atoms with Crippen LogP contribution in [0.5, 0.6) is 0 Å². The molecule has 1 aromatic carbocycles. The Kier molecular flexibility index (Phi) is 3.35. The number of aromatic nitrogens is 2. The van der Waals surface area contributed by atoms with Crippen molar-refractivity contribution >= 4 is 23.6 Å². The van der Waals surface area contributed by atoms with E-state index in [0.717, 1.165) is 4.68 Å². The van der Waals surface area contributed by atoms with Gasteiger partial charge in [-0.15, -0.1) is 0 Å². The fourth-order valence-electron chi connectivity index (χ4n) is 1.30. The highest BCUT2D eigenvalue weighted by molar-refractivity contribution is 6.32. The van der Waals surface area contributed by atoms with Crippen molar-refractivity contribution in [1.29, 1.82) is 0 Å². The summed E-state index contributed by atoms with van der Waals surface area (Å²) in [6, 6.07) is 5.97. The Morgan fingerprint density at radius 3 is 2.88 bits per heavy atom. The van der Waals surface area contributed by atoms with Crippen LogP contribution in [0.4, 0.5) is 4.39 Å². The molecule has 0 aliphatic heterocycles. The second-order valence-corrected chi connectivity index (χ2v) is 3.66. The predicted molar refractivity (Wildman–Crippen MR) is 63.3 cm³/mol. The van der Waals surface area contributed by atoms with E-state index in [-0.39, 0.29) is 16.5 Å². The fourth-order valence-corrected chi connectivity index (χ4v) is 1.53. The van der Waals surface area contributed by atoms with Gasteiger partial charge in [0.05, 0.1) is 5.02 Å². The summed E-state index contributed by atoms with van der Waals surface area (Å²) in [5.41, 5.74) is 0.190. The van der Waals surface area contributed by atoms with Crippen LogP contribution in [0.25, 0.3) is 6.08 Å². The van der Waals surface area contributed by atoms with E-state index >= 15 is 0 Å². The first kappa shape index (κ1) is 11.5. The molecule has 1 aromatic heterocycles. The maximum absolute atomic E-state index is 13.4. The Morgan fingerprint density at radius 2 is 2.24 bits per heavy atom. The third kappa shape index (κ3) is 2.60. The molecule has 17 heavy (non-hydrogen) atoms. The molecule has 0 N–H and O–H groups in total. The summed E-state index contributed by atoms with van der Waals surface area (Å²) < 4.78 is 14.5. The number of allylic oxidation sites excluding steroid dienone is 1. The standard InChI is InChI=1S/C12H8ClFN2O/c13-10-3-1-4-11(14)9(10)5-6-12(17)16-8-2-7-15-16/h1-8H/b6-5+. The largest absolute Gasteiger partial charge is 0.270 e. The molecule has 0 fully saturated rings. The molecule has 0 spiro atoms. The second kappa shape index (κ2) is 4.93. The lowest BCUT2D eigenvalue weighted by Crippen LogP contribution is -2.07. The zero-order valence-corrected chi connectivity index (χ0v) is 9.43. The number of carbonyl (C=O) groups is 1. The third-order valence-electron chi connectivity index (χ3n) is 2.12. The quantitative estimate of drug-likeness (QED) is 0.768. The summed E-state index contributed by atoms with van der Waals surface area (Å²) >= 11 is 5.81. The van der Waals surface area contributed by atoms with Crippen LogP contribution < -0.4 is 0 Å². The zero-order chi connectivity index (χ0) is 12.3. The molecule has 0 atom stereocenters. The van der Waals surface area contributed by atoms with Gasteiger partial charge in [0.25, 0.3) is 5.91 Å². The Labute approximate surface area is 102 Å². The van der Waals surface area contributed by atoms with Crippen LogP contribution in [-0.2, 0) is 0 Å². The van der Waals surface area contributed by atoms with E-state index in [1.54, 1.807) is 12.1 Å². The summed E-state index contributed by atoms with van der Waals surface area (Å²) in [6.45, 7) is 0. The highest BCUT2D eigenvalue weighted by atomic mass is 35.5. The van der Waals surface area contributed by atoms with Gasteiger partial charge in [0.1, 0.15) is 5.82 Å². The molecule has 0 bridgehead atoms. The Hall–Kier alpha value is -1.94. The molecular weight excluding hydrogens is 243 g/mol. The zero-order valence-electron chi connectivity index (χ0n) is 8.68. The van der Waals surface area contributed by atoms with Gasteiger partial charge in [-0.2, -0.15) is 5.10 Å². The first-order valence-electron chi connectivity index (χ1n) is 4.84. The summed E-state index contributed by atoms with van der Waals surface area (Å²) in [7, 11) is 0. The van der Waals surface area contributed by atoms with Gasteiger partial charge < -0.3 is 0 Å². The minimum absolute atomic E-state index is 0.190. The Balaban J connectivity index is 2.24. The van der Waals surface area contributed by atoms with Crippen LogP contribution in [0.2, 0.25) is 5.02 Å². The number of rotatable bonds is 2. The summed E-state index contributed by atoms with van der Waals surface area (Å²) in [5.74, 6) is -0.837. The average Bonchev–Trinajstić information content (AvgIpc) is 2.81. The molecule has 0 aliphatic rings. The van der Waals surface area contributed by atoms with Gasteiger partial charge in [-0.3, -0.25) is 4.79 Å². The summed E-state index contributed by atoms with van der Waals surface area (Å²) in [5, 5.41) is 4.02. The van der Waals surface area contributed by atoms with Gasteiger partial charge in [-0.1, -0.05) is 17.7 Å². The highest BCUT2D eigenvalue weighted by Gasteiger charge is 2.04. The van der Waals surface area contributed by atoms with Gasteiger partial charge in [-0.25, -0.2) is 9.07 Å². The lowest BCUT2D eigenvalue weighted by molar-refractivity contribution is 0.0955. The number of nitrogens with zero attached hydrogens (tertiary/aromatic N) is 2. The normalized spacial score (nSPS) is 10.9. The molecule has 0 saturated carbocycles. The predicted octanol–water partition coefficient (Wildman–Crippen LogP) is 3.03. The molecule has 0 aliphatic carbocycles. The first-order valence-corrected chi connectivity index (χ1v) is 5.22. The van der Waals surface area contributed by atoms with Crippen molar-refractivity contribution in [2.45, 2.75) is 0 Å². The van der Waals surface area contributed by atoms with E-state index in [1.165, 1.54) is 36.7 Å². The average molecular weight is 251 g/mol. The molecule has 3 nitrogen and oxygen atoms in total. The maximum Gasteiger partial charge on any atom is 0.270 e. The van der Waals surface area contributed by atoms with Crippen LogP contribution in [0.3, 0.4) is 0 Å². The van der Waals surface area contributed by atoms with Gasteiger partial charge in [0.2, 0.25) is 0 Å². The van der Waals surface area contributed by atoms with E-state index < -0.39 is 5.82 Å². The molecule has 0 amide bonds. The molecule has 0 radical (unpaired) electrons. The van der Waals surface area contributed by atoms with Crippen molar-refractivity contribution in [3.05, 3.63) is 59.1 Å². The van der Waals surface area contributed by atoms with E-state index in [1.807, 2.05) is 0 Å². The molecule has 0 saturated heterocycles. The van der Waals surface area contributed by atoms with E-state index in [0.29, 0.717) is 0 Å². The molecule has 86 valence electrons. The van der Waals surface area contributed by atoms with Gasteiger partial charge in [0.15, 0.2) is 0 Å². The van der Waals surface area contributed by atoms with E-state index in [2.05, 4.69) is 5.10 Å². The van der Waals surface area contributed by atoms with Crippen LogP contribution >= 0.6 is 11.6 Å². The van der Waals surface area contributed by atoms with E-state index in [4.69, 9.17) is 11.6 Å². The van der Waals surface area contributed by atoms with Crippen molar-refractivity contribution in [2.75, 3.05) is 0 Å². The van der Waals surface area contributed by atoms with Crippen molar-refractivity contribution in [1.82, 2.24) is 9.78 Å².